The van der Waals surface area contributed by atoms with Crippen molar-refractivity contribution >= 4 is 49.6 Å². The van der Waals surface area contributed by atoms with Gasteiger partial charge in [-0.15, -0.1) is 0 Å². The maximum atomic E-state index is 14.0. The van der Waals surface area contributed by atoms with Gasteiger partial charge in [0, 0.05) is 10.8 Å². The van der Waals surface area contributed by atoms with E-state index >= 15 is 0 Å². The Morgan fingerprint density at radius 1 is 0.659 bits per heavy atom. The number of hydrogen-bond donors (Lipinski definition) is 0. The van der Waals surface area contributed by atoms with Gasteiger partial charge in [0.25, 0.3) is 10.0 Å². The zero-order chi connectivity index (χ0) is 30.1. The van der Waals surface area contributed by atoms with Crippen molar-refractivity contribution in [3.8, 4) is 17.0 Å². The van der Waals surface area contributed by atoms with Crippen LogP contribution in [0.25, 0.3) is 38.6 Å². The zero-order valence-corrected chi connectivity index (χ0v) is 25.0. The highest BCUT2D eigenvalue weighted by atomic mass is 32.2. The van der Waals surface area contributed by atoms with Crippen LogP contribution in [0.5, 0.6) is 5.75 Å². The maximum absolute atomic E-state index is 14.0. The van der Waals surface area contributed by atoms with Crippen molar-refractivity contribution in [2.24, 2.45) is 0 Å². The van der Waals surface area contributed by atoms with Crippen LogP contribution in [-0.4, -0.2) is 16.4 Å². The number of nitrogens with zero attached hydrogens (tertiary/aromatic N) is 2. The van der Waals surface area contributed by atoms with Crippen LogP contribution >= 0.6 is 12.2 Å². The van der Waals surface area contributed by atoms with E-state index in [-0.39, 0.29) is 4.90 Å². The molecule has 7 rings (SSSR count). The van der Waals surface area contributed by atoms with E-state index in [0.29, 0.717) is 17.0 Å². The highest BCUT2D eigenvalue weighted by molar-refractivity contribution is 7.93. The first-order valence-electron chi connectivity index (χ1n) is 13.9. The smallest absolute Gasteiger partial charge is 0.268 e. The summed E-state index contributed by atoms with van der Waals surface area (Å²) in [6, 6.07) is 45.0. The molecule has 0 radical (unpaired) electrons. The molecular formula is C36H26N2O4S2. The van der Waals surface area contributed by atoms with Gasteiger partial charge >= 0.3 is 0 Å². The van der Waals surface area contributed by atoms with E-state index in [4.69, 9.17) is 9.22 Å². The van der Waals surface area contributed by atoms with Crippen molar-refractivity contribution in [3.05, 3.63) is 163 Å². The number of rotatable bonds is 9. The van der Waals surface area contributed by atoms with Gasteiger partial charge in [0.2, 0.25) is 0 Å². The van der Waals surface area contributed by atoms with Gasteiger partial charge in [-0.1, -0.05) is 102 Å². The fourth-order valence-corrected chi connectivity index (χ4v) is 7.50. The van der Waals surface area contributed by atoms with E-state index in [0.717, 1.165) is 50.9 Å². The first-order valence-corrected chi connectivity index (χ1v) is 16.0. The average molecular weight is 615 g/mol. The maximum Gasteiger partial charge on any atom is 0.268 e. The van der Waals surface area contributed by atoms with Crippen LogP contribution in [-0.2, 0) is 14.4 Å². The van der Waals surface area contributed by atoms with Crippen molar-refractivity contribution in [1.82, 2.24) is 7.94 Å². The summed E-state index contributed by atoms with van der Waals surface area (Å²) in [5, 5.41) is 1.85. The Morgan fingerprint density at radius 2 is 1.30 bits per heavy atom. The summed E-state index contributed by atoms with van der Waals surface area (Å²) >= 11 is 1.06. The predicted octanol–water partition coefficient (Wildman–Crippen LogP) is 8.98. The summed E-state index contributed by atoms with van der Waals surface area (Å²) in [6.45, 7) is 4.46. The molecule has 0 aliphatic heterocycles. The Kier molecular flexibility index (Phi) is 7.31. The van der Waals surface area contributed by atoms with E-state index in [1.165, 1.54) is 3.97 Å². The van der Waals surface area contributed by atoms with E-state index in [2.05, 4.69) is 12.6 Å². The minimum atomic E-state index is -3.89. The lowest BCUT2D eigenvalue weighted by Gasteiger charge is -2.14. The Labute approximate surface area is 259 Å². The Morgan fingerprint density at radius 3 is 2.05 bits per heavy atom. The van der Waals surface area contributed by atoms with Gasteiger partial charge in [0.15, 0.2) is 18.0 Å². The Hall–Kier alpha value is -5.02. The fourth-order valence-electron chi connectivity index (χ4n) is 5.28. The molecule has 6 nitrogen and oxygen atoms in total. The molecule has 216 valence electrons. The van der Waals surface area contributed by atoms with E-state index in [1.807, 2.05) is 113 Å². The molecule has 0 atom stereocenters. The molecule has 0 fully saturated rings. The molecule has 7 aromatic rings. The van der Waals surface area contributed by atoms with Gasteiger partial charge < -0.3 is 4.89 Å². The van der Waals surface area contributed by atoms with Gasteiger partial charge in [0.05, 0.1) is 27.3 Å². The SMILES string of the molecule is C=C(c1cccc(-c2cc3ccccc3n2S(=O)(=O)c2ccccc2)c1)c1cc2ccccc2n1SOOc1ccccc1. The second kappa shape index (κ2) is 11.6. The van der Waals surface area contributed by atoms with Crippen LogP contribution in [0.15, 0.2) is 157 Å². The van der Waals surface area contributed by atoms with Crippen molar-refractivity contribution in [3.63, 3.8) is 0 Å². The molecule has 0 saturated heterocycles. The molecule has 0 spiro atoms. The molecule has 44 heavy (non-hydrogen) atoms. The molecule has 0 amide bonds. The van der Waals surface area contributed by atoms with Crippen molar-refractivity contribution in [2.75, 3.05) is 0 Å². The number of aromatic nitrogens is 2. The quantitative estimate of drug-likeness (QED) is 0.0923. The highest BCUT2D eigenvalue weighted by Crippen LogP contribution is 2.36. The molecule has 2 aromatic heterocycles. The van der Waals surface area contributed by atoms with E-state index in [1.54, 1.807) is 30.3 Å². The number of benzene rings is 5. The van der Waals surface area contributed by atoms with Gasteiger partial charge in [-0.05, 0) is 71.3 Å². The second-order valence-corrected chi connectivity index (χ2v) is 12.6. The molecule has 8 heteroatoms. The number of para-hydroxylation sites is 3. The summed E-state index contributed by atoms with van der Waals surface area (Å²) in [6.07, 6.45) is 0. The minimum absolute atomic E-state index is 0.224. The number of hydrogen-bond acceptors (Lipinski definition) is 5. The first kappa shape index (κ1) is 27.8. The molecule has 2 heterocycles. The highest BCUT2D eigenvalue weighted by Gasteiger charge is 2.24. The summed E-state index contributed by atoms with van der Waals surface area (Å²) in [7, 11) is -3.89. The van der Waals surface area contributed by atoms with E-state index in [9.17, 15) is 8.42 Å². The Bertz CT molecular complexity index is 2240. The molecule has 0 saturated carbocycles. The third-order valence-corrected chi connectivity index (χ3v) is 9.82. The van der Waals surface area contributed by atoms with Gasteiger partial charge in [0.1, 0.15) is 0 Å². The summed E-state index contributed by atoms with van der Waals surface area (Å²) in [5.74, 6) is 0.588. The second-order valence-electron chi connectivity index (χ2n) is 10.2. The summed E-state index contributed by atoms with van der Waals surface area (Å²) in [4.78, 5) is 5.73. The van der Waals surface area contributed by atoms with Crippen LogP contribution in [0.1, 0.15) is 11.3 Å². The van der Waals surface area contributed by atoms with E-state index < -0.39 is 10.0 Å². The van der Waals surface area contributed by atoms with Crippen LogP contribution in [0.2, 0.25) is 0 Å². The van der Waals surface area contributed by atoms with Gasteiger partial charge in [-0.2, -0.15) is 0 Å². The standard InChI is InChI=1S/C36H26N2O4S2/c1-26(35-24-29-13-8-10-21-33(29)37(35)43-42-41-31-17-4-2-5-18-31)27-15-12-16-28(23-27)36-25-30-14-9-11-22-34(30)38(36)44(39,40)32-19-6-3-7-20-32/h2-25H,1H2. The van der Waals surface area contributed by atoms with Crippen LogP contribution < -0.4 is 4.89 Å². The summed E-state index contributed by atoms with van der Waals surface area (Å²) < 4.78 is 37.0. The monoisotopic (exact) mass is 614 g/mol. The topological polar surface area (TPSA) is 62.5 Å². The third kappa shape index (κ3) is 5.09. The summed E-state index contributed by atoms with van der Waals surface area (Å²) in [5.41, 5.74) is 5.27. The van der Waals surface area contributed by atoms with Crippen molar-refractivity contribution in [2.45, 2.75) is 4.90 Å². The fraction of sp³-hybridized carbons (Fsp3) is 0. The molecule has 0 bridgehead atoms. The third-order valence-electron chi connectivity index (χ3n) is 7.41. The Balaban J connectivity index is 1.29. The number of fused-ring (bicyclic) bond motifs is 2. The predicted molar refractivity (Wildman–Crippen MR) is 178 cm³/mol. The first-order chi connectivity index (χ1) is 21.5. The molecular weight excluding hydrogens is 589 g/mol. The average Bonchev–Trinajstić information content (AvgIpc) is 3.65. The molecule has 0 aliphatic carbocycles. The zero-order valence-electron chi connectivity index (χ0n) is 23.4. The lowest BCUT2D eigenvalue weighted by molar-refractivity contribution is -0.0785. The van der Waals surface area contributed by atoms with Crippen molar-refractivity contribution < 1.29 is 17.6 Å². The van der Waals surface area contributed by atoms with Crippen molar-refractivity contribution in [1.29, 1.82) is 0 Å². The normalized spacial score (nSPS) is 11.6. The largest absolute Gasteiger partial charge is 0.324 e. The van der Waals surface area contributed by atoms with Crippen LogP contribution in [0.4, 0.5) is 0 Å². The molecule has 0 unspecified atom stereocenters. The molecule has 0 aliphatic rings. The van der Waals surface area contributed by atoms with Crippen LogP contribution in [0, 0.1) is 0 Å². The lowest BCUT2D eigenvalue weighted by Crippen LogP contribution is -2.14. The van der Waals surface area contributed by atoms with Crippen LogP contribution in [0.3, 0.4) is 0 Å². The molecule has 5 aromatic carbocycles. The van der Waals surface area contributed by atoms with Gasteiger partial charge in [-0.3, -0.25) is 3.97 Å². The molecule has 0 N–H and O–H groups in total. The lowest BCUT2D eigenvalue weighted by atomic mass is 10.0. The van der Waals surface area contributed by atoms with Gasteiger partial charge in [-0.25, -0.2) is 12.4 Å². The minimum Gasteiger partial charge on any atom is -0.324 e.